The van der Waals surface area contributed by atoms with Gasteiger partial charge in [0, 0.05) is 17.7 Å². The molecule has 4 aromatic rings. The van der Waals surface area contributed by atoms with Gasteiger partial charge in [0.2, 0.25) is 0 Å². The number of ether oxygens (including phenoxy) is 1. The Morgan fingerprint density at radius 2 is 1.82 bits per heavy atom. The van der Waals surface area contributed by atoms with Crippen LogP contribution >= 0.6 is 0 Å². The van der Waals surface area contributed by atoms with Gasteiger partial charge >= 0.3 is 0 Å². The number of hydrazone groups is 1. The maximum absolute atomic E-state index is 12.4. The molecule has 8 heteroatoms. The molecule has 4 aromatic carbocycles. The van der Waals surface area contributed by atoms with Crippen molar-refractivity contribution < 1.29 is 14.5 Å². The highest BCUT2D eigenvalue weighted by atomic mass is 16.6. The summed E-state index contributed by atoms with van der Waals surface area (Å²) in [6, 6.07) is 25.7. The number of nitro benzene ring substituents is 1. The number of nitrogens with zero attached hydrogens (tertiary/aromatic N) is 3. The van der Waals surface area contributed by atoms with Crippen molar-refractivity contribution in [3.63, 3.8) is 0 Å². The second-order valence-corrected chi connectivity index (χ2v) is 6.98. The van der Waals surface area contributed by atoms with Crippen LogP contribution in [0.4, 0.5) is 5.69 Å². The van der Waals surface area contributed by atoms with E-state index >= 15 is 0 Å². The molecule has 0 aliphatic carbocycles. The molecular formula is C25H16N4O4. The van der Waals surface area contributed by atoms with E-state index < -0.39 is 4.92 Å². The van der Waals surface area contributed by atoms with Crippen LogP contribution in [0.1, 0.15) is 21.5 Å². The molecular weight excluding hydrogens is 420 g/mol. The number of nitrogens with one attached hydrogen (secondary N) is 1. The van der Waals surface area contributed by atoms with Gasteiger partial charge in [0.1, 0.15) is 23.1 Å². The number of amides is 1. The number of carbonyl (C=O) groups excluding carboxylic acids is 1. The Hall–Kier alpha value is -5.03. The molecule has 0 unspecified atom stereocenters. The first-order valence-corrected chi connectivity index (χ1v) is 9.82. The predicted molar refractivity (Wildman–Crippen MR) is 123 cm³/mol. The Morgan fingerprint density at radius 3 is 2.61 bits per heavy atom. The van der Waals surface area contributed by atoms with Crippen LogP contribution in [-0.4, -0.2) is 17.0 Å². The SMILES string of the molecule is N#Cc1cc([N+](=O)[O-])ccc1Oc1cccc(/C=N\NC(=O)c2ccc3ccccc3c2)c1. The van der Waals surface area contributed by atoms with Gasteiger partial charge in [0.05, 0.1) is 11.1 Å². The second-order valence-electron chi connectivity index (χ2n) is 6.98. The lowest BCUT2D eigenvalue weighted by molar-refractivity contribution is -0.384. The maximum atomic E-state index is 12.4. The molecule has 0 bridgehead atoms. The van der Waals surface area contributed by atoms with Gasteiger partial charge in [-0.25, -0.2) is 5.43 Å². The van der Waals surface area contributed by atoms with E-state index in [2.05, 4.69) is 10.5 Å². The third-order valence-electron chi connectivity index (χ3n) is 4.77. The number of hydrogen-bond donors (Lipinski definition) is 1. The monoisotopic (exact) mass is 436 g/mol. The smallest absolute Gasteiger partial charge is 0.271 e. The van der Waals surface area contributed by atoms with Gasteiger partial charge in [-0.15, -0.1) is 0 Å². The average molecular weight is 436 g/mol. The van der Waals surface area contributed by atoms with Crippen LogP contribution in [0.15, 0.2) is 90.0 Å². The summed E-state index contributed by atoms with van der Waals surface area (Å²) in [5.74, 6) is 0.265. The summed E-state index contributed by atoms with van der Waals surface area (Å²) in [7, 11) is 0. The quantitative estimate of drug-likeness (QED) is 0.254. The highest BCUT2D eigenvalue weighted by Crippen LogP contribution is 2.28. The summed E-state index contributed by atoms with van der Waals surface area (Å²) in [4.78, 5) is 22.7. The molecule has 0 aromatic heterocycles. The first-order valence-electron chi connectivity index (χ1n) is 9.82. The van der Waals surface area contributed by atoms with Crippen LogP contribution in [0, 0.1) is 21.4 Å². The molecule has 0 fully saturated rings. The molecule has 0 saturated carbocycles. The first kappa shape index (κ1) is 21.2. The molecule has 33 heavy (non-hydrogen) atoms. The molecule has 0 heterocycles. The van der Waals surface area contributed by atoms with Gasteiger partial charge in [0.25, 0.3) is 11.6 Å². The van der Waals surface area contributed by atoms with Gasteiger partial charge in [-0.05, 0) is 46.7 Å². The fourth-order valence-electron chi connectivity index (χ4n) is 3.15. The lowest BCUT2D eigenvalue weighted by Gasteiger charge is -2.08. The minimum atomic E-state index is -0.575. The van der Waals surface area contributed by atoms with E-state index in [1.54, 1.807) is 36.4 Å². The summed E-state index contributed by atoms with van der Waals surface area (Å²) >= 11 is 0. The fraction of sp³-hybridized carbons (Fsp3) is 0. The van der Waals surface area contributed by atoms with Crippen molar-refractivity contribution in [2.45, 2.75) is 0 Å². The number of benzene rings is 4. The van der Waals surface area contributed by atoms with Crippen LogP contribution in [0.3, 0.4) is 0 Å². The number of carbonyl (C=O) groups is 1. The normalized spacial score (nSPS) is 10.6. The van der Waals surface area contributed by atoms with E-state index in [1.165, 1.54) is 18.3 Å². The van der Waals surface area contributed by atoms with Gasteiger partial charge in [-0.1, -0.05) is 42.5 Å². The Bertz CT molecular complexity index is 1440. The maximum Gasteiger partial charge on any atom is 0.271 e. The zero-order valence-corrected chi connectivity index (χ0v) is 17.1. The molecule has 0 atom stereocenters. The molecule has 1 N–H and O–H groups in total. The molecule has 4 rings (SSSR count). The lowest BCUT2D eigenvalue weighted by Crippen LogP contribution is -2.17. The Balaban J connectivity index is 1.45. The molecule has 0 radical (unpaired) electrons. The fourth-order valence-corrected chi connectivity index (χ4v) is 3.15. The Kier molecular flexibility index (Phi) is 6.05. The topological polar surface area (TPSA) is 118 Å². The van der Waals surface area contributed by atoms with Gasteiger partial charge in [-0.2, -0.15) is 10.4 Å². The molecule has 0 spiro atoms. The molecule has 0 aliphatic heterocycles. The van der Waals surface area contributed by atoms with Crippen LogP contribution < -0.4 is 10.2 Å². The zero-order chi connectivity index (χ0) is 23.2. The summed E-state index contributed by atoms with van der Waals surface area (Å²) in [6.07, 6.45) is 1.47. The van der Waals surface area contributed by atoms with E-state index in [4.69, 9.17) is 4.74 Å². The minimum absolute atomic E-state index is 0.0471. The van der Waals surface area contributed by atoms with E-state index in [0.717, 1.165) is 16.8 Å². The van der Waals surface area contributed by atoms with E-state index in [1.807, 2.05) is 36.4 Å². The number of nitriles is 1. The van der Waals surface area contributed by atoms with Crippen LogP contribution in [-0.2, 0) is 0 Å². The summed E-state index contributed by atoms with van der Waals surface area (Å²) in [5.41, 5.74) is 3.49. The molecule has 1 amide bonds. The van der Waals surface area contributed by atoms with Crippen molar-refractivity contribution >= 4 is 28.6 Å². The zero-order valence-electron chi connectivity index (χ0n) is 17.1. The molecule has 0 saturated heterocycles. The van der Waals surface area contributed by atoms with E-state index in [9.17, 15) is 20.2 Å². The third kappa shape index (κ3) is 5.00. The minimum Gasteiger partial charge on any atom is -0.456 e. The number of rotatable bonds is 6. The molecule has 8 nitrogen and oxygen atoms in total. The van der Waals surface area contributed by atoms with Crippen molar-refractivity contribution in [1.29, 1.82) is 5.26 Å². The van der Waals surface area contributed by atoms with Crippen molar-refractivity contribution in [2.24, 2.45) is 5.10 Å². The van der Waals surface area contributed by atoms with Crippen molar-refractivity contribution in [3.8, 4) is 17.6 Å². The number of hydrogen-bond acceptors (Lipinski definition) is 6. The summed E-state index contributed by atoms with van der Waals surface area (Å²) in [6.45, 7) is 0. The van der Waals surface area contributed by atoms with Crippen LogP contribution in [0.2, 0.25) is 0 Å². The molecule has 0 aliphatic rings. The van der Waals surface area contributed by atoms with E-state index in [0.29, 0.717) is 16.9 Å². The number of fused-ring (bicyclic) bond motifs is 1. The largest absolute Gasteiger partial charge is 0.456 e. The van der Waals surface area contributed by atoms with Crippen LogP contribution in [0.25, 0.3) is 10.8 Å². The van der Waals surface area contributed by atoms with E-state index in [-0.39, 0.29) is 22.9 Å². The highest BCUT2D eigenvalue weighted by molar-refractivity contribution is 5.99. The van der Waals surface area contributed by atoms with Gasteiger partial charge < -0.3 is 4.74 Å². The first-order chi connectivity index (χ1) is 16.0. The standard InChI is InChI=1S/C25H16N4O4/c26-15-21-14-22(29(31)32)10-11-24(21)33-23-7-3-4-17(12-23)16-27-28-25(30)20-9-8-18-5-1-2-6-19(18)13-20/h1-14,16H,(H,28,30)/b27-16-. The number of non-ortho nitro benzene ring substituents is 1. The highest BCUT2D eigenvalue weighted by Gasteiger charge is 2.12. The third-order valence-corrected chi connectivity index (χ3v) is 4.77. The van der Waals surface area contributed by atoms with Crippen molar-refractivity contribution in [1.82, 2.24) is 5.43 Å². The summed E-state index contributed by atoms with van der Waals surface area (Å²) in [5, 5.41) is 26.2. The lowest BCUT2D eigenvalue weighted by atomic mass is 10.1. The molecule has 160 valence electrons. The van der Waals surface area contributed by atoms with Crippen molar-refractivity contribution in [3.05, 3.63) is 112 Å². The van der Waals surface area contributed by atoms with Crippen molar-refractivity contribution in [2.75, 3.05) is 0 Å². The summed E-state index contributed by atoms with van der Waals surface area (Å²) < 4.78 is 5.72. The average Bonchev–Trinajstić information content (AvgIpc) is 2.84. The predicted octanol–water partition coefficient (Wildman–Crippen LogP) is 5.18. The number of nitro groups is 1. The Morgan fingerprint density at radius 1 is 1.00 bits per heavy atom. The van der Waals surface area contributed by atoms with Gasteiger partial charge in [0.15, 0.2) is 0 Å². The Labute approximate surface area is 188 Å². The van der Waals surface area contributed by atoms with Crippen LogP contribution in [0.5, 0.6) is 11.5 Å². The van der Waals surface area contributed by atoms with Gasteiger partial charge in [-0.3, -0.25) is 14.9 Å². The second kappa shape index (κ2) is 9.41.